The van der Waals surface area contributed by atoms with Crippen molar-refractivity contribution in [3.05, 3.63) is 42.2 Å². The number of hydrogen-bond acceptors (Lipinski definition) is 4. The lowest BCUT2D eigenvalue weighted by atomic mass is 10.2. The second kappa shape index (κ2) is 4.82. The van der Waals surface area contributed by atoms with Gasteiger partial charge >= 0.3 is 0 Å². The molecule has 0 fully saturated rings. The molecule has 4 nitrogen and oxygen atoms in total. The average molecular weight is 228 g/mol. The number of hydrogen-bond donors (Lipinski definition) is 1. The zero-order valence-electron chi connectivity index (χ0n) is 10.1. The molecule has 0 saturated carbocycles. The largest absolute Gasteiger partial charge is 0.384 e. The van der Waals surface area contributed by atoms with Gasteiger partial charge in [0.25, 0.3) is 0 Å². The summed E-state index contributed by atoms with van der Waals surface area (Å²) in [4.78, 5) is 10.2. The van der Waals surface area contributed by atoms with Crippen molar-refractivity contribution in [3.63, 3.8) is 0 Å². The molecule has 0 aliphatic rings. The molecule has 0 aliphatic heterocycles. The van der Waals surface area contributed by atoms with Gasteiger partial charge in [0.05, 0.1) is 0 Å². The summed E-state index contributed by atoms with van der Waals surface area (Å²) >= 11 is 0. The second-order valence-electron chi connectivity index (χ2n) is 3.88. The van der Waals surface area contributed by atoms with Gasteiger partial charge in [0.2, 0.25) is 0 Å². The molecule has 0 saturated heterocycles. The van der Waals surface area contributed by atoms with E-state index in [9.17, 15) is 0 Å². The highest BCUT2D eigenvalue weighted by Gasteiger charge is 2.08. The summed E-state index contributed by atoms with van der Waals surface area (Å²) in [5.41, 5.74) is 8.03. The van der Waals surface area contributed by atoms with Crippen molar-refractivity contribution in [2.24, 2.45) is 0 Å². The number of rotatable bonds is 3. The zero-order chi connectivity index (χ0) is 12.3. The minimum absolute atomic E-state index is 0.487. The molecular weight excluding hydrogens is 212 g/mol. The van der Waals surface area contributed by atoms with Crippen LogP contribution in [0, 0.1) is 6.92 Å². The molecule has 1 heterocycles. The van der Waals surface area contributed by atoms with Crippen molar-refractivity contribution in [3.8, 4) is 0 Å². The molecule has 4 heteroatoms. The highest BCUT2D eigenvalue weighted by atomic mass is 15.2. The Morgan fingerprint density at radius 1 is 1.18 bits per heavy atom. The van der Waals surface area contributed by atoms with Crippen molar-refractivity contribution >= 4 is 17.3 Å². The third kappa shape index (κ3) is 2.53. The van der Waals surface area contributed by atoms with E-state index in [1.165, 1.54) is 11.9 Å². The maximum absolute atomic E-state index is 5.68. The quantitative estimate of drug-likeness (QED) is 0.877. The van der Waals surface area contributed by atoms with Crippen LogP contribution in [0.1, 0.15) is 12.5 Å². The molecule has 2 N–H and O–H groups in total. The van der Waals surface area contributed by atoms with E-state index >= 15 is 0 Å². The predicted octanol–water partition coefficient (Wildman–Crippen LogP) is 2.53. The van der Waals surface area contributed by atoms with Crippen molar-refractivity contribution in [2.45, 2.75) is 13.8 Å². The summed E-state index contributed by atoms with van der Waals surface area (Å²) in [6.45, 7) is 4.99. The number of aryl methyl sites for hydroxylation is 1. The molecule has 88 valence electrons. The lowest BCUT2D eigenvalue weighted by Crippen LogP contribution is -2.17. The van der Waals surface area contributed by atoms with Crippen LogP contribution in [0.25, 0.3) is 0 Å². The fourth-order valence-electron chi connectivity index (χ4n) is 1.71. The van der Waals surface area contributed by atoms with E-state index in [0.29, 0.717) is 5.82 Å². The number of nitrogens with zero attached hydrogens (tertiary/aromatic N) is 3. The Labute approximate surface area is 101 Å². The van der Waals surface area contributed by atoms with Crippen LogP contribution >= 0.6 is 0 Å². The van der Waals surface area contributed by atoms with Crippen LogP contribution in [0.3, 0.4) is 0 Å². The fourth-order valence-corrected chi connectivity index (χ4v) is 1.71. The van der Waals surface area contributed by atoms with E-state index in [4.69, 9.17) is 5.73 Å². The Balaban J connectivity index is 2.36. The van der Waals surface area contributed by atoms with Gasteiger partial charge in [0, 0.05) is 18.3 Å². The summed E-state index contributed by atoms with van der Waals surface area (Å²) in [6.07, 6.45) is 1.49. The zero-order valence-corrected chi connectivity index (χ0v) is 10.1. The van der Waals surface area contributed by atoms with E-state index in [1.54, 1.807) is 6.07 Å². The lowest BCUT2D eigenvalue weighted by Gasteiger charge is -2.22. The third-order valence-corrected chi connectivity index (χ3v) is 2.61. The van der Waals surface area contributed by atoms with Gasteiger partial charge in [-0.05, 0) is 26.0 Å². The predicted molar refractivity (Wildman–Crippen MR) is 70.3 cm³/mol. The highest BCUT2D eigenvalue weighted by Crippen LogP contribution is 2.23. The highest BCUT2D eigenvalue weighted by molar-refractivity contribution is 5.61. The van der Waals surface area contributed by atoms with Crippen molar-refractivity contribution in [2.75, 3.05) is 17.2 Å². The topological polar surface area (TPSA) is 55.0 Å². The Bertz CT molecular complexity index is 493. The van der Waals surface area contributed by atoms with Gasteiger partial charge in [0.15, 0.2) is 0 Å². The van der Waals surface area contributed by atoms with Crippen LogP contribution in [0.4, 0.5) is 17.3 Å². The maximum atomic E-state index is 5.68. The average Bonchev–Trinajstić information content (AvgIpc) is 2.33. The van der Waals surface area contributed by atoms with Crippen LogP contribution in [0.15, 0.2) is 36.7 Å². The van der Waals surface area contributed by atoms with Crippen molar-refractivity contribution in [1.29, 1.82) is 0 Å². The first-order valence-corrected chi connectivity index (χ1v) is 5.62. The van der Waals surface area contributed by atoms with Gasteiger partial charge in [-0.25, -0.2) is 9.97 Å². The van der Waals surface area contributed by atoms with Gasteiger partial charge in [-0.3, -0.25) is 0 Å². The molecule has 0 atom stereocenters. The standard InChI is InChI=1S/C13H16N4/c1-3-17(11-6-4-10(2)5-7-11)13-8-12(14)15-9-16-13/h4-9H,3H2,1-2H3,(H2,14,15,16). The summed E-state index contributed by atoms with van der Waals surface area (Å²) in [6, 6.07) is 10.1. The normalized spacial score (nSPS) is 10.2. The number of anilines is 3. The Morgan fingerprint density at radius 2 is 1.88 bits per heavy atom. The minimum atomic E-state index is 0.487. The molecular formula is C13H16N4. The summed E-state index contributed by atoms with van der Waals surface area (Å²) in [5, 5.41) is 0. The van der Waals surface area contributed by atoms with Crippen LogP contribution in [0.5, 0.6) is 0 Å². The van der Waals surface area contributed by atoms with Crippen LogP contribution in [-0.4, -0.2) is 16.5 Å². The van der Waals surface area contributed by atoms with Gasteiger partial charge in [-0.15, -0.1) is 0 Å². The Kier molecular flexibility index (Phi) is 3.23. The van der Waals surface area contributed by atoms with Crippen molar-refractivity contribution in [1.82, 2.24) is 9.97 Å². The lowest BCUT2D eigenvalue weighted by molar-refractivity contribution is 0.977. The first-order valence-electron chi connectivity index (χ1n) is 5.62. The summed E-state index contributed by atoms with van der Waals surface area (Å²) in [5.74, 6) is 1.31. The number of nitrogens with two attached hydrogens (primary N) is 1. The molecule has 17 heavy (non-hydrogen) atoms. The second-order valence-corrected chi connectivity index (χ2v) is 3.88. The maximum Gasteiger partial charge on any atom is 0.138 e. The summed E-state index contributed by atoms with van der Waals surface area (Å²) < 4.78 is 0. The summed E-state index contributed by atoms with van der Waals surface area (Å²) in [7, 11) is 0. The number of aromatic nitrogens is 2. The van der Waals surface area contributed by atoms with E-state index in [-0.39, 0.29) is 0 Å². The SMILES string of the molecule is CCN(c1ccc(C)cc1)c1cc(N)ncn1. The van der Waals surface area contributed by atoms with Gasteiger partial charge in [-0.1, -0.05) is 17.7 Å². The monoisotopic (exact) mass is 228 g/mol. The first kappa shape index (κ1) is 11.4. The molecule has 1 aromatic carbocycles. The van der Waals surface area contributed by atoms with Crippen LogP contribution in [0.2, 0.25) is 0 Å². The minimum Gasteiger partial charge on any atom is -0.384 e. The van der Waals surface area contributed by atoms with E-state index in [0.717, 1.165) is 18.1 Å². The van der Waals surface area contributed by atoms with Gasteiger partial charge in [-0.2, -0.15) is 0 Å². The fraction of sp³-hybridized carbons (Fsp3) is 0.231. The van der Waals surface area contributed by atoms with E-state index in [1.807, 2.05) is 0 Å². The molecule has 0 bridgehead atoms. The Hall–Kier alpha value is -2.10. The molecule has 1 aromatic heterocycles. The molecule has 0 aliphatic carbocycles. The molecule has 2 aromatic rings. The van der Waals surface area contributed by atoms with Gasteiger partial charge in [0.1, 0.15) is 18.0 Å². The molecule has 0 radical (unpaired) electrons. The molecule has 0 amide bonds. The molecule has 2 rings (SSSR count). The number of nitrogen functional groups attached to an aromatic ring is 1. The van der Waals surface area contributed by atoms with Crippen LogP contribution in [-0.2, 0) is 0 Å². The molecule has 0 spiro atoms. The number of benzene rings is 1. The first-order chi connectivity index (χ1) is 8.20. The molecule has 0 unspecified atom stereocenters. The van der Waals surface area contributed by atoms with E-state index in [2.05, 4.69) is 53.0 Å². The Morgan fingerprint density at radius 3 is 2.47 bits per heavy atom. The van der Waals surface area contributed by atoms with Gasteiger partial charge < -0.3 is 10.6 Å². The van der Waals surface area contributed by atoms with E-state index < -0.39 is 0 Å². The van der Waals surface area contributed by atoms with Crippen molar-refractivity contribution < 1.29 is 0 Å². The smallest absolute Gasteiger partial charge is 0.138 e. The third-order valence-electron chi connectivity index (χ3n) is 2.61. The van der Waals surface area contributed by atoms with Crippen LogP contribution < -0.4 is 10.6 Å².